The summed E-state index contributed by atoms with van der Waals surface area (Å²) in [6, 6.07) is 0. The highest BCUT2D eigenvalue weighted by molar-refractivity contribution is 5.56. The number of alkyl halides is 1. The summed E-state index contributed by atoms with van der Waals surface area (Å²) in [7, 11) is 0. The molecule has 0 aromatic heterocycles. The highest BCUT2D eigenvalue weighted by atomic mass is 19.1. The number of carbonyl (C=O) groups excluding carboxylic acids is 1. The van der Waals surface area contributed by atoms with E-state index in [4.69, 9.17) is 0 Å². The molecule has 0 aliphatic heterocycles. The first-order valence-electron chi connectivity index (χ1n) is 3.33. The fourth-order valence-corrected chi connectivity index (χ4v) is 0.632. The lowest BCUT2D eigenvalue weighted by Gasteiger charge is -1.95. The first kappa shape index (κ1) is 8.60. The van der Waals surface area contributed by atoms with Gasteiger partial charge in [0, 0.05) is 0 Å². The zero-order valence-electron chi connectivity index (χ0n) is 5.69. The van der Waals surface area contributed by atoms with Crippen molar-refractivity contribution in [1.29, 1.82) is 0 Å². The van der Waals surface area contributed by atoms with E-state index >= 15 is 0 Å². The van der Waals surface area contributed by atoms with Crippen LogP contribution in [0.15, 0.2) is 0 Å². The van der Waals surface area contributed by atoms with Crippen molar-refractivity contribution < 1.29 is 9.18 Å². The minimum atomic E-state index is -1.35. The van der Waals surface area contributed by atoms with Crippen molar-refractivity contribution >= 4 is 6.29 Å². The monoisotopic (exact) mass is 131 g/mol. The molecule has 0 fully saturated rings. The van der Waals surface area contributed by atoms with Crippen molar-refractivity contribution in [2.24, 2.45) is 0 Å². The molecule has 0 rings (SSSR count). The van der Waals surface area contributed by atoms with Crippen molar-refractivity contribution in [2.45, 2.75) is 38.8 Å². The molecule has 2 heteroatoms. The Kier molecular flexibility index (Phi) is 5.48. The van der Waals surface area contributed by atoms with Gasteiger partial charge in [-0.05, 0) is 6.42 Å². The van der Waals surface area contributed by atoms with E-state index in [1.165, 1.54) is 6.29 Å². The van der Waals surface area contributed by atoms with Crippen LogP contribution in [0.2, 0.25) is 0 Å². The van der Waals surface area contributed by atoms with Crippen LogP contribution < -0.4 is 0 Å². The molecule has 0 aromatic carbocycles. The topological polar surface area (TPSA) is 17.1 Å². The SMILES string of the molecule is CCCCCC(F)[C]=O. The molecule has 0 aromatic rings. The third-order valence-electron chi connectivity index (χ3n) is 1.19. The Morgan fingerprint density at radius 1 is 1.56 bits per heavy atom. The van der Waals surface area contributed by atoms with Crippen molar-refractivity contribution in [3.05, 3.63) is 0 Å². The van der Waals surface area contributed by atoms with E-state index in [0.29, 0.717) is 6.42 Å². The smallest absolute Gasteiger partial charge is 0.235 e. The second-order valence-corrected chi connectivity index (χ2v) is 2.08. The Hall–Kier alpha value is -0.400. The number of hydrogen-bond donors (Lipinski definition) is 0. The Morgan fingerprint density at radius 2 is 2.22 bits per heavy atom. The highest BCUT2D eigenvalue weighted by Crippen LogP contribution is 2.03. The van der Waals surface area contributed by atoms with Gasteiger partial charge in [0.1, 0.15) is 0 Å². The second-order valence-electron chi connectivity index (χ2n) is 2.08. The molecule has 0 aliphatic rings. The molecule has 0 bridgehead atoms. The largest absolute Gasteiger partial charge is 0.287 e. The van der Waals surface area contributed by atoms with Crippen LogP contribution in [0.25, 0.3) is 0 Å². The molecule has 0 N–H and O–H groups in total. The summed E-state index contributed by atoms with van der Waals surface area (Å²) in [5.74, 6) is 0. The summed E-state index contributed by atoms with van der Waals surface area (Å²) in [5.41, 5.74) is 0. The lowest BCUT2D eigenvalue weighted by Crippen LogP contribution is -1.99. The summed E-state index contributed by atoms with van der Waals surface area (Å²) in [4.78, 5) is 9.60. The Balaban J connectivity index is 2.96. The quantitative estimate of drug-likeness (QED) is 0.521. The number of unbranched alkanes of at least 4 members (excludes halogenated alkanes) is 2. The van der Waals surface area contributed by atoms with Crippen LogP contribution in [0.1, 0.15) is 32.6 Å². The Bertz CT molecular complexity index is 73.3. The van der Waals surface area contributed by atoms with Gasteiger partial charge in [-0.3, -0.25) is 4.79 Å². The number of halogens is 1. The van der Waals surface area contributed by atoms with Gasteiger partial charge in [-0.15, -0.1) is 0 Å². The predicted molar refractivity (Wildman–Crippen MR) is 34.7 cm³/mol. The second kappa shape index (κ2) is 5.73. The molecule has 0 amide bonds. The van der Waals surface area contributed by atoms with Crippen molar-refractivity contribution in [3.63, 3.8) is 0 Å². The summed E-state index contributed by atoms with van der Waals surface area (Å²) in [6.07, 6.45) is 3.16. The van der Waals surface area contributed by atoms with E-state index in [0.717, 1.165) is 19.3 Å². The third kappa shape index (κ3) is 5.47. The standard InChI is InChI=1S/C7H12FO/c1-2-3-4-5-7(8)6-9/h7H,2-5H2,1H3. The minimum absolute atomic E-state index is 0.345. The van der Waals surface area contributed by atoms with Crippen LogP contribution in [0.5, 0.6) is 0 Å². The van der Waals surface area contributed by atoms with E-state index in [1.54, 1.807) is 0 Å². The van der Waals surface area contributed by atoms with Gasteiger partial charge < -0.3 is 0 Å². The van der Waals surface area contributed by atoms with Gasteiger partial charge in [0.25, 0.3) is 0 Å². The molecular formula is C7H12FO. The molecule has 0 saturated carbocycles. The maximum absolute atomic E-state index is 12.0. The van der Waals surface area contributed by atoms with Crippen LogP contribution in [0, 0.1) is 0 Å². The normalized spacial score (nSPS) is 13.1. The van der Waals surface area contributed by atoms with Crippen LogP contribution in [-0.4, -0.2) is 12.5 Å². The van der Waals surface area contributed by atoms with E-state index in [2.05, 4.69) is 0 Å². The van der Waals surface area contributed by atoms with Gasteiger partial charge in [-0.2, -0.15) is 0 Å². The molecule has 1 radical (unpaired) electrons. The molecule has 1 atom stereocenters. The maximum Gasteiger partial charge on any atom is 0.235 e. The van der Waals surface area contributed by atoms with E-state index in [9.17, 15) is 9.18 Å². The molecule has 1 unspecified atom stereocenters. The van der Waals surface area contributed by atoms with Gasteiger partial charge in [-0.25, -0.2) is 4.39 Å². The van der Waals surface area contributed by atoms with E-state index in [1.807, 2.05) is 6.92 Å². The van der Waals surface area contributed by atoms with Crippen molar-refractivity contribution in [3.8, 4) is 0 Å². The predicted octanol–water partition coefficient (Wildman–Crippen LogP) is 2.01. The molecule has 53 valence electrons. The first-order valence-corrected chi connectivity index (χ1v) is 3.33. The van der Waals surface area contributed by atoms with Gasteiger partial charge in [-0.1, -0.05) is 26.2 Å². The third-order valence-corrected chi connectivity index (χ3v) is 1.19. The fraction of sp³-hybridized carbons (Fsp3) is 0.857. The molecule has 0 saturated heterocycles. The first-order chi connectivity index (χ1) is 4.31. The molecule has 0 aliphatic carbocycles. The average molecular weight is 131 g/mol. The minimum Gasteiger partial charge on any atom is -0.287 e. The molecule has 0 heterocycles. The molecule has 9 heavy (non-hydrogen) atoms. The zero-order valence-corrected chi connectivity index (χ0v) is 5.69. The van der Waals surface area contributed by atoms with Gasteiger partial charge >= 0.3 is 0 Å². The summed E-state index contributed by atoms with van der Waals surface area (Å²) in [6.45, 7) is 2.04. The summed E-state index contributed by atoms with van der Waals surface area (Å²) < 4.78 is 12.0. The number of rotatable bonds is 5. The van der Waals surface area contributed by atoms with E-state index in [-0.39, 0.29) is 0 Å². The summed E-state index contributed by atoms with van der Waals surface area (Å²) >= 11 is 0. The van der Waals surface area contributed by atoms with Crippen molar-refractivity contribution in [2.75, 3.05) is 0 Å². The van der Waals surface area contributed by atoms with Gasteiger partial charge in [0.2, 0.25) is 6.29 Å². The maximum atomic E-state index is 12.0. The van der Waals surface area contributed by atoms with Crippen LogP contribution in [-0.2, 0) is 4.79 Å². The zero-order chi connectivity index (χ0) is 7.11. The van der Waals surface area contributed by atoms with Gasteiger partial charge in [0.15, 0.2) is 6.17 Å². The fourth-order valence-electron chi connectivity index (χ4n) is 0.632. The molecular weight excluding hydrogens is 119 g/mol. The van der Waals surface area contributed by atoms with E-state index < -0.39 is 6.17 Å². The van der Waals surface area contributed by atoms with Crippen LogP contribution in [0.3, 0.4) is 0 Å². The number of hydrogen-bond acceptors (Lipinski definition) is 1. The Labute approximate surface area is 55.3 Å². The summed E-state index contributed by atoms with van der Waals surface area (Å²) in [5, 5.41) is 0. The molecule has 0 spiro atoms. The van der Waals surface area contributed by atoms with Crippen LogP contribution in [0.4, 0.5) is 4.39 Å². The lowest BCUT2D eigenvalue weighted by atomic mass is 10.1. The van der Waals surface area contributed by atoms with Gasteiger partial charge in [0.05, 0.1) is 0 Å². The average Bonchev–Trinajstić information content (AvgIpc) is 1.89. The highest BCUT2D eigenvalue weighted by Gasteiger charge is 2.02. The lowest BCUT2D eigenvalue weighted by molar-refractivity contribution is 0.369. The van der Waals surface area contributed by atoms with Crippen molar-refractivity contribution in [1.82, 2.24) is 0 Å². The van der Waals surface area contributed by atoms with Crippen LogP contribution >= 0.6 is 0 Å². The molecule has 1 nitrogen and oxygen atoms in total. The Morgan fingerprint density at radius 3 is 2.67 bits per heavy atom.